The van der Waals surface area contributed by atoms with Crippen molar-refractivity contribution in [1.29, 1.82) is 0 Å². The molecule has 3 aromatic carbocycles. The Labute approximate surface area is 326 Å². The molecule has 15 heteroatoms. The van der Waals surface area contributed by atoms with Gasteiger partial charge in [0.25, 0.3) is 0 Å². The number of carboxylic acid groups (broad SMARTS) is 1. The largest absolute Gasteiger partial charge is 0.481 e. The number of fused-ring (bicyclic) bond motifs is 18. The van der Waals surface area contributed by atoms with Crippen LogP contribution in [0, 0.1) is 5.92 Å². The van der Waals surface area contributed by atoms with E-state index in [0.29, 0.717) is 23.4 Å². The average molecular weight is 786 g/mol. The quantitative estimate of drug-likeness (QED) is 0.161. The Hall–Kier alpha value is -6.38. The summed E-state index contributed by atoms with van der Waals surface area (Å²) in [4.78, 5) is 84.8. The maximum Gasteiger partial charge on any atom is 0.416 e. The normalized spacial score (nSPS) is 20.4. The summed E-state index contributed by atoms with van der Waals surface area (Å²) >= 11 is 0. The molecule has 298 valence electrons. The lowest BCUT2D eigenvalue weighted by Gasteiger charge is -2.26. The number of halogens is 3. The number of aromatic nitrogens is 1. The molecule has 1 aromatic heterocycles. The van der Waals surface area contributed by atoms with Crippen molar-refractivity contribution in [3.05, 3.63) is 131 Å². The summed E-state index contributed by atoms with van der Waals surface area (Å²) in [6, 6.07) is 20.9. The molecule has 12 nitrogen and oxygen atoms in total. The van der Waals surface area contributed by atoms with Crippen LogP contribution in [0.2, 0.25) is 0 Å². The van der Waals surface area contributed by atoms with Crippen molar-refractivity contribution in [2.75, 3.05) is 5.32 Å². The van der Waals surface area contributed by atoms with Crippen molar-refractivity contribution >= 4 is 41.1 Å². The zero-order valence-electron chi connectivity index (χ0n) is 30.8. The molecular formula is C42H42F3N5O7. The van der Waals surface area contributed by atoms with E-state index in [2.05, 4.69) is 26.3 Å². The van der Waals surface area contributed by atoms with E-state index < -0.39 is 77.6 Å². The number of ketones is 1. The van der Waals surface area contributed by atoms with Crippen molar-refractivity contribution in [1.82, 2.24) is 20.9 Å². The van der Waals surface area contributed by atoms with Crippen LogP contribution < -0.4 is 21.3 Å². The molecule has 0 fully saturated rings. The van der Waals surface area contributed by atoms with E-state index in [1.54, 1.807) is 30.3 Å². The summed E-state index contributed by atoms with van der Waals surface area (Å²) in [6.07, 6.45) is -4.45. The number of carbonyl (C=O) groups excluding carboxylic acids is 5. The highest BCUT2D eigenvalue weighted by molar-refractivity contribution is 5.97. The van der Waals surface area contributed by atoms with Crippen LogP contribution >= 0.6 is 0 Å². The van der Waals surface area contributed by atoms with Crippen LogP contribution in [0.3, 0.4) is 0 Å². The number of aliphatic carboxylic acids is 1. The van der Waals surface area contributed by atoms with E-state index >= 15 is 0 Å². The number of anilines is 1. The number of pyridine rings is 1. The number of amides is 4. The standard InChI is InChI=1S/C42H42F3N5O7/c43-42(44,45)30-14-11-28(12-15-30)22-35-40(55)49-34(21-27-9-5-2-6-10-27)36(51)24-29(41(56)57)23-31-16-17-32(25-46-31)47-37(52)19-20-38(53)48-33(39(54)50-35)18-13-26-7-3-1-4-8-26/h1-12,14-17,25,29,33-35H,13,18-24H2,(H,47,52)(H,48,53)(H,49,55)(H,50,54)(H,56,57)/t29-,33-,34-,35+/m1/s1. The fourth-order valence-corrected chi connectivity index (χ4v) is 6.36. The van der Waals surface area contributed by atoms with Crippen molar-refractivity contribution in [3.63, 3.8) is 0 Å². The number of hydrogen-bond donors (Lipinski definition) is 5. The SMILES string of the molecule is O=C1CCC(=O)N[C@H](CCc2ccccc2)C(=O)N[C@@H](Cc2ccc(C(F)(F)F)cc2)C(=O)N[C@H](Cc2ccccc2)C(=O)C[C@H](C(=O)O)Cc2ccc(cn2)N1. The van der Waals surface area contributed by atoms with Gasteiger partial charge in [0.1, 0.15) is 12.1 Å². The Bertz CT molecular complexity index is 2030. The lowest BCUT2D eigenvalue weighted by Crippen LogP contribution is -2.57. The van der Waals surface area contributed by atoms with Gasteiger partial charge >= 0.3 is 12.1 Å². The fraction of sp³-hybridized carbons (Fsp3) is 0.310. The highest BCUT2D eigenvalue weighted by Crippen LogP contribution is 2.29. The lowest BCUT2D eigenvalue weighted by molar-refractivity contribution is -0.144. The second kappa shape index (κ2) is 19.5. The second-order valence-corrected chi connectivity index (χ2v) is 13.9. The predicted molar refractivity (Wildman–Crippen MR) is 202 cm³/mol. The molecule has 0 unspecified atom stereocenters. The molecule has 4 amide bonds. The number of hydrogen-bond acceptors (Lipinski definition) is 7. The van der Waals surface area contributed by atoms with E-state index in [4.69, 9.17) is 0 Å². The molecule has 57 heavy (non-hydrogen) atoms. The zero-order chi connectivity index (χ0) is 41.0. The van der Waals surface area contributed by atoms with Gasteiger partial charge in [0.2, 0.25) is 23.6 Å². The molecule has 4 aromatic rings. The molecule has 0 aliphatic carbocycles. The van der Waals surface area contributed by atoms with Gasteiger partial charge in [-0.2, -0.15) is 13.2 Å². The predicted octanol–water partition coefficient (Wildman–Crippen LogP) is 4.61. The molecule has 6 rings (SSSR count). The van der Waals surface area contributed by atoms with Crippen LogP contribution in [-0.4, -0.2) is 63.6 Å². The Balaban J connectivity index is 1.50. The number of benzene rings is 3. The van der Waals surface area contributed by atoms with Gasteiger partial charge < -0.3 is 26.4 Å². The van der Waals surface area contributed by atoms with Gasteiger partial charge in [-0.15, -0.1) is 0 Å². The number of Topliss-reactive ketones (excluding diaryl/α,β-unsaturated/α-hetero) is 1. The molecule has 2 bridgehead atoms. The first kappa shape index (κ1) is 41.8. The summed E-state index contributed by atoms with van der Waals surface area (Å²) in [5.74, 6) is -5.96. The molecular weight excluding hydrogens is 743 g/mol. The molecule has 0 radical (unpaired) electrons. The van der Waals surface area contributed by atoms with E-state index in [0.717, 1.165) is 17.7 Å². The summed E-state index contributed by atoms with van der Waals surface area (Å²) in [5.41, 5.74) is 1.43. The van der Waals surface area contributed by atoms with Crippen LogP contribution in [0.15, 0.2) is 103 Å². The van der Waals surface area contributed by atoms with Crippen molar-refractivity contribution in [3.8, 4) is 0 Å². The molecule has 5 N–H and O–H groups in total. The van der Waals surface area contributed by atoms with E-state index in [9.17, 15) is 47.0 Å². The Morgan fingerprint density at radius 1 is 0.667 bits per heavy atom. The van der Waals surface area contributed by atoms with Gasteiger partial charge in [0.05, 0.1) is 29.4 Å². The maximum absolute atomic E-state index is 14.2. The number of nitrogens with one attached hydrogen (secondary N) is 4. The minimum Gasteiger partial charge on any atom is -0.481 e. The van der Waals surface area contributed by atoms with E-state index in [1.807, 2.05) is 30.3 Å². The minimum atomic E-state index is -4.62. The van der Waals surface area contributed by atoms with Crippen LogP contribution in [0.25, 0.3) is 0 Å². The third kappa shape index (κ3) is 12.8. The van der Waals surface area contributed by atoms with Crippen molar-refractivity contribution in [2.24, 2.45) is 5.92 Å². The highest BCUT2D eigenvalue weighted by atomic mass is 19.4. The number of rotatable bonds is 8. The number of carboxylic acids is 1. The maximum atomic E-state index is 14.2. The third-order valence-electron chi connectivity index (χ3n) is 9.50. The number of nitrogens with zero attached hydrogens (tertiary/aromatic N) is 1. The molecule has 0 saturated heterocycles. The van der Waals surface area contributed by atoms with Gasteiger partial charge in [-0.1, -0.05) is 72.8 Å². The van der Waals surface area contributed by atoms with Gasteiger partial charge in [0, 0.05) is 37.8 Å². The zero-order valence-corrected chi connectivity index (χ0v) is 30.8. The smallest absolute Gasteiger partial charge is 0.416 e. The summed E-state index contributed by atoms with van der Waals surface area (Å²) in [6.45, 7) is 0. The van der Waals surface area contributed by atoms with Crippen molar-refractivity contribution in [2.45, 2.75) is 75.7 Å². The second-order valence-electron chi connectivity index (χ2n) is 13.9. The average Bonchev–Trinajstić information content (AvgIpc) is 3.18. The molecule has 4 atom stereocenters. The number of carbonyl (C=O) groups is 6. The Morgan fingerprint density at radius 3 is 1.86 bits per heavy atom. The first-order chi connectivity index (χ1) is 27.2. The van der Waals surface area contributed by atoms with E-state index in [1.165, 1.54) is 30.5 Å². The first-order valence-electron chi connectivity index (χ1n) is 18.4. The topological polar surface area (TPSA) is 184 Å². The van der Waals surface area contributed by atoms with Gasteiger partial charge in [0.15, 0.2) is 5.78 Å². The summed E-state index contributed by atoms with van der Waals surface area (Å²) in [7, 11) is 0. The Morgan fingerprint density at radius 2 is 1.25 bits per heavy atom. The monoisotopic (exact) mass is 785 g/mol. The summed E-state index contributed by atoms with van der Waals surface area (Å²) < 4.78 is 40.2. The molecule has 2 aliphatic heterocycles. The molecule has 0 saturated carbocycles. The molecule has 0 spiro atoms. The number of aryl methyl sites for hydroxylation is 1. The van der Waals surface area contributed by atoms with Gasteiger partial charge in [-0.3, -0.25) is 33.8 Å². The van der Waals surface area contributed by atoms with Crippen molar-refractivity contribution < 1.29 is 47.0 Å². The molecule has 2 aliphatic rings. The number of alkyl halides is 3. The highest BCUT2D eigenvalue weighted by Gasteiger charge is 2.34. The van der Waals surface area contributed by atoms with Crippen LogP contribution in [0.5, 0.6) is 0 Å². The third-order valence-corrected chi connectivity index (χ3v) is 9.50. The first-order valence-corrected chi connectivity index (χ1v) is 18.4. The van der Waals surface area contributed by atoms with Crippen LogP contribution in [0.4, 0.5) is 18.9 Å². The lowest BCUT2D eigenvalue weighted by atomic mass is 9.91. The van der Waals surface area contributed by atoms with Crippen LogP contribution in [0.1, 0.15) is 53.6 Å². The van der Waals surface area contributed by atoms with E-state index in [-0.39, 0.29) is 44.1 Å². The van der Waals surface area contributed by atoms with Gasteiger partial charge in [-0.05, 0) is 60.2 Å². The molecule has 3 heterocycles. The van der Waals surface area contributed by atoms with Crippen LogP contribution in [-0.2, 0) is 60.6 Å². The Kier molecular flexibility index (Phi) is 14.3. The summed E-state index contributed by atoms with van der Waals surface area (Å²) in [5, 5.41) is 20.7. The van der Waals surface area contributed by atoms with Gasteiger partial charge in [-0.25, -0.2) is 0 Å². The fourth-order valence-electron chi connectivity index (χ4n) is 6.36. The minimum absolute atomic E-state index is 0.0406.